The van der Waals surface area contributed by atoms with Crippen LogP contribution >= 0.6 is 0 Å². The molecule has 18 heavy (non-hydrogen) atoms. The Hall–Kier alpha value is -1.88. The van der Waals surface area contributed by atoms with E-state index in [4.69, 9.17) is 4.74 Å². The maximum absolute atomic E-state index is 11.5. The van der Waals surface area contributed by atoms with Gasteiger partial charge >= 0.3 is 0 Å². The van der Waals surface area contributed by atoms with Crippen molar-refractivity contribution in [1.29, 1.82) is 0 Å². The number of carbonyl (C=O) groups is 2. The second kappa shape index (κ2) is 5.18. The molecule has 1 aliphatic heterocycles. The number of nitrogens with one attached hydrogen (secondary N) is 2. The zero-order valence-electron chi connectivity index (χ0n) is 10.4. The van der Waals surface area contributed by atoms with Gasteiger partial charge in [-0.05, 0) is 24.6 Å². The third kappa shape index (κ3) is 2.68. The third-order valence-corrected chi connectivity index (χ3v) is 3.01. The Balaban J connectivity index is 2.05. The van der Waals surface area contributed by atoms with Crippen LogP contribution in [0.4, 0.5) is 0 Å². The van der Waals surface area contributed by atoms with E-state index in [1.807, 2.05) is 31.2 Å². The highest BCUT2D eigenvalue weighted by molar-refractivity contribution is 6.05. The molecule has 0 radical (unpaired) electrons. The lowest BCUT2D eigenvalue weighted by atomic mass is 10.1. The largest absolute Gasteiger partial charge is 0.497 e. The second-order valence-electron chi connectivity index (χ2n) is 4.33. The number of hydrogen-bond donors (Lipinski definition) is 2. The van der Waals surface area contributed by atoms with Crippen molar-refractivity contribution in [2.75, 3.05) is 7.11 Å². The normalized spacial score (nSPS) is 20.7. The Morgan fingerprint density at radius 1 is 1.44 bits per heavy atom. The van der Waals surface area contributed by atoms with Crippen molar-refractivity contribution in [3.05, 3.63) is 29.8 Å². The maximum Gasteiger partial charge on any atom is 0.244 e. The van der Waals surface area contributed by atoms with Crippen molar-refractivity contribution in [2.45, 2.75) is 25.4 Å². The number of hydrogen-bond acceptors (Lipinski definition) is 4. The summed E-state index contributed by atoms with van der Waals surface area (Å²) in [5, 5.41) is 5.42. The molecule has 2 rings (SSSR count). The number of rotatable bonds is 4. The summed E-state index contributed by atoms with van der Waals surface area (Å²) in [5.41, 5.74) is 1.02. The molecule has 2 atom stereocenters. The predicted molar refractivity (Wildman–Crippen MR) is 66.1 cm³/mol. The second-order valence-corrected chi connectivity index (χ2v) is 4.33. The Morgan fingerprint density at radius 2 is 2.22 bits per heavy atom. The Labute approximate surface area is 106 Å². The average molecular weight is 248 g/mol. The van der Waals surface area contributed by atoms with E-state index in [0.717, 1.165) is 11.3 Å². The van der Waals surface area contributed by atoms with E-state index >= 15 is 0 Å². The molecular weight excluding hydrogens is 232 g/mol. The smallest absolute Gasteiger partial charge is 0.244 e. The van der Waals surface area contributed by atoms with Crippen LogP contribution in [0, 0.1) is 0 Å². The summed E-state index contributed by atoms with van der Waals surface area (Å²) in [4.78, 5) is 22.5. The number of methoxy groups -OCH3 is 1. The quantitative estimate of drug-likeness (QED) is 0.772. The molecule has 0 bridgehead atoms. The molecule has 1 heterocycles. The zero-order valence-corrected chi connectivity index (χ0v) is 10.4. The fraction of sp³-hybridized carbons (Fsp3) is 0.385. The van der Waals surface area contributed by atoms with Gasteiger partial charge in [-0.1, -0.05) is 12.1 Å². The van der Waals surface area contributed by atoms with Crippen molar-refractivity contribution < 1.29 is 14.3 Å². The van der Waals surface area contributed by atoms with Crippen molar-refractivity contribution >= 4 is 11.8 Å². The monoisotopic (exact) mass is 248 g/mol. The molecule has 0 aromatic heterocycles. The van der Waals surface area contributed by atoms with Crippen molar-refractivity contribution in [2.24, 2.45) is 0 Å². The van der Waals surface area contributed by atoms with E-state index in [-0.39, 0.29) is 24.3 Å². The van der Waals surface area contributed by atoms with E-state index in [1.165, 1.54) is 0 Å². The van der Waals surface area contributed by atoms with E-state index < -0.39 is 6.04 Å². The van der Waals surface area contributed by atoms with Crippen LogP contribution in [0.15, 0.2) is 24.3 Å². The summed E-state index contributed by atoms with van der Waals surface area (Å²) in [7, 11) is 1.61. The van der Waals surface area contributed by atoms with Crippen LogP contribution in [0.3, 0.4) is 0 Å². The van der Waals surface area contributed by atoms with E-state index in [2.05, 4.69) is 10.6 Å². The zero-order chi connectivity index (χ0) is 13.1. The molecule has 1 unspecified atom stereocenters. The molecule has 1 aliphatic rings. The molecule has 1 saturated heterocycles. The lowest BCUT2D eigenvalue weighted by molar-refractivity contribution is -0.125. The highest BCUT2D eigenvalue weighted by atomic mass is 16.5. The van der Waals surface area contributed by atoms with Gasteiger partial charge in [-0.25, -0.2) is 0 Å². The molecule has 0 spiro atoms. The van der Waals surface area contributed by atoms with Gasteiger partial charge in [0, 0.05) is 6.04 Å². The summed E-state index contributed by atoms with van der Waals surface area (Å²) >= 11 is 0. The Morgan fingerprint density at radius 3 is 2.83 bits per heavy atom. The van der Waals surface area contributed by atoms with Gasteiger partial charge in [0.1, 0.15) is 5.75 Å². The molecule has 0 aliphatic carbocycles. The maximum atomic E-state index is 11.5. The van der Waals surface area contributed by atoms with Gasteiger partial charge in [-0.2, -0.15) is 0 Å². The fourth-order valence-corrected chi connectivity index (χ4v) is 2.00. The third-order valence-electron chi connectivity index (χ3n) is 3.01. The molecule has 5 nitrogen and oxygen atoms in total. The average Bonchev–Trinajstić information content (AvgIpc) is 2.68. The van der Waals surface area contributed by atoms with Gasteiger partial charge in [0.25, 0.3) is 0 Å². The first-order valence-corrected chi connectivity index (χ1v) is 5.84. The first-order chi connectivity index (χ1) is 8.60. The lowest BCUT2D eigenvalue weighted by Crippen LogP contribution is -2.37. The van der Waals surface area contributed by atoms with Gasteiger partial charge in [0.05, 0.1) is 19.6 Å². The molecule has 2 N–H and O–H groups in total. The predicted octanol–water partition coefficient (Wildman–Crippen LogP) is 0.761. The van der Waals surface area contributed by atoms with Crippen LogP contribution in [-0.4, -0.2) is 25.0 Å². The van der Waals surface area contributed by atoms with Crippen molar-refractivity contribution in [1.82, 2.24) is 10.6 Å². The van der Waals surface area contributed by atoms with Crippen LogP contribution in [0.1, 0.15) is 24.9 Å². The summed E-state index contributed by atoms with van der Waals surface area (Å²) in [6.07, 6.45) is 0.202. The van der Waals surface area contributed by atoms with E-state index in [1.54, 1.807) is 7.11 Å². The van der Waals surface area contributed by atoms with E-state index in [0.29, 0.717) is 0 Å². The number of carbonyl (C=O) groups excluding carboxylic acids is 2. The van der Waals surface area contributed by atoms with Gasteiger partial charge in [-0.3, -0.25) is 20.2 Å². The van der Waals surface area contributed by atoms with Gasteiger partial charge < -0.3 is 4.74 Å². The number of ether oxygens (including phenoxy) is 1. The summed E-state index contributed by atoms with van der Waals surface area (Å²) in [6, 6.07) is 7.15. The summed E-state index contributed by atoms with van der Waals surface area (Å²) in [5.74, 6) is 0.290. The molecule has 5 heteroatoms. The number of benzene rings is 1. The van der Waals surface area contributed by atoms with Crippen LogP contribution in [0.25, 0.3) is 0 Å². The van der Waals surface area contributed by atoms with E-state index in [9.17, 15) is 9.59 Å². The molecule has 1 aromatic rings. The minimum absolute atomic E-state index is 0.0262. The van der Waals surface area contributed by atoms with Gasteiger partial charge in [0.15, 0.2) is 0 Å². The SMILES string of the molecule is COc1cccc([C@H](C)NC2CC(=O)NC2=O)c1. The van der Waals surface area contributed by atoms with Gasteiger partial charge in [-0.15, -0.1) is 0 Å². The topological polar surface area (TPSA) is 67.4 Å². The molecule has 0 saturated carbocycles. The first kappa shape index (κ1) is 12.6. The molecule has 1 fully saturated rings. The van der Waals surface area contributed by atoms with Crippen molar-refractivity contribution in [3.63, 3.8) is 0 Å². The van der Waals surface area contributed by atoms with Crippen LogP contribution in [-0.2, 0) is 9.59 Å². The molecule has 1 aromatic carbocycles. The summed E-state index contributed by atoms with van der Waals surface area (Å²) in [6.45, 7) is 1.95. The minimum Gasteiger partial charge on any atom is -0.497 e. The first-order valence-electron chi connectivity index (χ1n) is 5.84. The molecule has 96 valence electrons. The minimum atomic E-state index is -0.446. The van der Waals surface area contributed by atoms with Crippen molar-refractivity contribution in [3.8, 4) is 5.75 Å². The van der Waals surface area contributed by atoms with Crippen LogP contribution < -0.4 is 15.4 Å². The fourth-order valence-electron chi connectivity index (χ4n) is 2.00. The number of amides is 2. The molecular formula is C13H16N2O3. The Bertz CT molecular complexity index is 473. The van der Waals surface area contributed by atoms with Gasteiger partial charge in [0.2, 0.25) is 11.8 Å². The number of imide groups is 1. The standard InChI is InChI=1S/C13H16N2O3/c1-8(9-4-3-5-10(6-9)18-2)14-11-7-12(16)15-13(11)17/h3-6,8,11,14H,7H2,1-2H3,(H,15,16,17)/t8-,11?/m0/s1. The lowest BCUT2D eigenvalue weighted by Gasteiger charge is -2.18. The Kier molecular flexibility index (Phi) is 3.62. The highest BCUT2D eigenvalue weighted by Crippen LogP contribution is 2.20. The highest BCUT2D eigenvalue weighted by Gasteiger charge is 2.31. The van der Waals surface area contributed by atoms with Crippen LogP contribution in [0.5, 0.6) is 5.75 Å². The van der Waals surface area contributed by atoms with Crippen LogP contribution in [0.2, 0.25) is 0 Å². The summed E-state index contributed by atoms with van der Waals surface area (Å²) < 4.78 is 5.15. The molecule has 2 amide bonds.